The van der Waals surface area contributed by atoms with Crippen molar-refractivity contribution in [3.8, 4) is 0 Å². The summed E-state index contributed by atoms with van der Waals surface area (Å²) in [4.78, 5) is 13.5. The monoisotopic (exact) mass is 1490 g/mol. The van der Waals surface area contributed by atoms with E-state index in [2.05, 4.69) is 79.9 Å². The van der Waals surface area contributed by atoms with E-state index in [-0.39, 0.29) is 18.9 Å². The first kappa shape index (κ1) is 96.7. The van der Waals surface area contributed by atoms with Gasteiger partial charge >= 0.3 is 0 Å². The first-order valence-electron chi connectivity index (χ1n) is 43.0. The van der Waals surface area contributed by atoms with Crippen molar-refractivity contribution in [3.63, 3.8) is 0 Å². The molecule has 0 radical (unpaired) electrons. The number of unbranched alkanes of at least 4 members (excludes halogenated alkanes) is 43. The Morgan fingerprint density at radius 3 is 1.03 bits per heavy atom. The Labute approximate surface area is 636 Å². The summed E-state index contributed by atoms with van der Waals surface area (Å²) in [7, 11) is 0. The molecule has 3 rings (SSSR count). The molecular weight excluding hydrogens is 1330 g/mol. The zero-order chi connectivity index (χ0) is 76.0. The van der Waals surface area contributed by atoms with Crippen LogP contribution < -0.4 is 5.32 Å². The molecule has 0 aromatic rings. The number of ether oxygens (including phenoxy) is 6. The number of carbonyl (C=O) groups excluding carboxylic acids is 1. The van der Waals surface area contributed by atoms with Gasteiger partial charge in [-0.05, 0) is 57.8 Å². The Kier molecular flexibility index (Phi) is 60.9. The molecule has 3 heterocycles. The topological polar surface area (TPSA) is 307 Å². The van der Waals surface area contributed by atoms with E-state index >= 15 is 0 Å². The summed E-state index contributed by atoms with van der Waals surface area (Å²) in [5.74, 6) is -0.238. The highest BCUT2D eigenvalue weighted by Gasteiger charge is 2.54. The lowest BCUT2D eigenvalue weighted by Gasteiger charge is -2.48. The molecule has 17 unspecified atom stereocenters. The minimum atomic E-state index is -1.97. The van der Waals surface area contributed by atoms with Crippen molar-refractivity contribution in [2.75, 3.05) is 26.4 Å². The second-order valence-electron chi connectivity index (χ2n) is 30.6. The lowest BCUT2D eigenvalue weighted by molar-refractivity contribution is -0.379. The van der Waals surface area contributed by atoms with Crippen molar-refractivity contribution >= 4 is 5.91 Å². The van der Waals surface area contributed by atoms with E-state index < -0.39 is 124 Å². The Morgan fingerprint density at radius 1 is 0.352 bits per heavy atom. The molecule has 3 aliphatic heterocycles. The number of nitrogens with one attached hydrogen (secondary N) is 1. The number of amides is 1. The quantitative estimate of drug-likeness (QED) is 0.0199. The summed E-state index contributed by atoms with van der Waals surface area (Å²) in [6.45, 7) is 1.74. The number of aliphatic hydroxyl groups is 11. The van der Waals surface area contributed by atoms with E-state index in [9.17, 15) is 61.0 Å². The van der Waals surface area contributed by atoms with Crippen LogP contribution in [0.15, 0.2) is 60.8 Å². The van der Waals surface area contributed by atoms with Crippen molar-refractivity contribution in [1.29, 1.82) is 0 Å². The van der Waals surface area contributed by atoms with Gasteiger partial charge in [0.15, 0.2) is 18.9 Å². The van der Waals surface area contributed by atoms with E-state index in [0.717, 1.165) is 77.0 Å². The zero-order valence-corrected chi connectivity index (χ0v) is 66.0. The largest absolute Gasteiger partial charge is 0.394 e. The van der Waals surface area contributed by atoms with Crippen LogP contribution in [-0.4, -0.2) is 193 Å². The summed E-state index contributed by atoms with van der Waals surface area (Å²) < 4.78 is 34.6. The van der Waals surface area contributed by atoms with Gasteiger partial charge in [-0.3, -0.25) is 4.79 Å². The Bertz CT molecular complexity index is 2130. The average Bonchev–Trinajstić information content (AvgIpc) is 0.780. The summed E-state index contributed by atoms with van der Waals surface area (Å²) in [5.41, 5.74) is 0. The van der Waals surface area contributed by atoms with Crippen molar-refractivity contribution in [1.82, 2.24) is 5.32 Å². The SMILES string of the molecule is CC/C=C\C/C=C\C/C=C\C/C=C\C/C=C\CCCCCCCCCCCCCCCCCCCC(=O)NC(COC1OC(CO)C(OC2OC(CO)C(OC3OC(CO)C(O)C(O)C3O)C(O)C2O)C(O)C1O)C(O)CCCCCCCCCCCCCCCCCCCCCCCCCCCCC. The normalized spacial score (nSPS) is 26.0. The molecule has 12 N–H and O–H groups in total. The van der Waals surface area contributed by atoms with Gasteiger partial charge in [-0.2, -0.15) is 0 Å². The Hall–Kier alpha value is -2.51. The third-order valence-corrected chi connectivity index (χ3v) is 21.4. The predicted molar refractivity (Wildman–Crippen MR) is 420 cm³/mol. The molecule has 614 valence electrons. The lowest BCUT2D eigenvalue weighted by Crippen LogP contribution is -2.66. The summed E-state index contributed by atoms with van der Waals surface area (Å²) >= 11 is 0. The maximum atomic E-state index is 13.5. The first-order valence-corrected chi connectivity index (χ1v) is 43.0. The van der Waals surface area contributed by atoms with Crippen LogP contribution in [0, 0.1) is 0 Å². The first-order chi connectivity index (χ1) is 51.3. The van der Waals surface area contributed by atoms with E-state index in [1.54, 1.807) is 0 Å². The van der Waals surface area contributed by atoms with E-state index in [1.165, 1.54) is 238 Å². The highest BCUT2D eigenvalue weighted by molar-refractivity contribution is 5.76. The van der Waals surface area contributed by atoms with E-state index in [1.807, 2.05) is 0 Å². The fraction of sp³-hybridized carbons (Fsp3) is 0.872. The Balaban J connectivity index is 1.34. The number of hydrogen-bond acceptors (Lipinski definition) is 18. The number of aliphatic hydroxyl groups excluding tert-OH is 11. The maximum Gasteiger partial charge on any atom is 0.220 e. The molecule has 0 spiro atoms. The highest BCUT2D eigenvalue weighted by Crippen LogP contribution is 2.33. The molecule has 0 aromatic heterocycles. The zero-order valence-electron chi connectivity index (χ0n) is 66.0. The molecule has 17 atom stereocenters. The predicted octanol–water partition coefficient (Wildman–Crippen LogP) is 15.4. The van der Waals surface area contributed by atoms with E-state index in [4.69, 9.17) is 28.4 Å². The fourth-order valence-electron chi connectivity index (χ4n) is 14.5. The molecule has 0 aliphatic carbocycles. The molecule has 3 saturated heterocycles. The molecule has 1 amide bonds. The van der Waals surface area contributed by atoms with Gasteiger partial charge in [0.1, 0.15) is 73.2 Å². The van der Waals surface area contributed by atoms with Gasteiger partial charge in [-0.15, -0.1) is 0 Å². The second kappa shape index (κ2) is 66.1. The average molecular weight is 1490 g/mol. The minimum Gasteiger partial charge on any atom is -0.394 e. The van der Waals surface area contributed by atoms with Crippen LogP contribution in [0.1, 0.15) is 348 Å². The molecule has 3 aliphatic rings. The van der Waals surface area contributed by atoms with Crippen molar-refractivity contribution < 1.29 is 89.4 Å². The molecule has 0 saturated carbocycles. The van der Waals surface area contributed by atoms with Gasteiger partial charge in [-0.1, -0.05) is 344 Å². The number of rotatable bonds is 69. The van der Waals surface area contributed by atoms with Gasteiger partial charge in [0.2, 0.25) is 5.91 Å². The summed E-state index contributed by atoms with van der Waals surface area (Å²) in [5, 5.41) is 121. The van der Waals surface area contributed by atoms with Crippen LogP contribution in [0.5, 0.6) is 0 Å². The van der Waals surface area contributed by atoms with Crippen LogP contribution >= 0.6 is 0 Å². The molecule has 3 fully saturated rings. The van der Waals surface area contributed by atoms with Crippen molar-refractivity contribution in [2.45, 2.75) is 452 Å². The number of carbonyl (C=O) groups is 1. The molecule has 105 heavy (non-hydrogen) atoms. The van der Waals surface area contributed by atoms with Gasteiger partial charge in [-0.25, -0.2) is 0 Å². The molecule has 19 nitrogen and oxygen atoms in total. The Morgan fingerprint density at radius 2 is 0.657 bits per heavy atom. The standard InChI is InChI=1S/C86H157NO18/c1-3-5-7-9-11-13-15-17-19-21-23-25-27-29-31-32-33-34-35-36-38-40-42-44-46-48-50-52-54-56-58-60-62-64-74(92)87-69(70(91)63-61-59-57-55-53-51-49-47-45-43-41-39-37-30-28-26-24-22-20-18-16-14-12-10-8-6-4-2)68-100-84-80(98)77(95)82(72(66-89)102-84)105-86-81(99)78(96)83(73(67-90)103-86)104-85-79(97)76(94)75(93)71(65-88)101-85/h5,7,11,13,17,19,23,25,29,31,69-73,75-86,88-91,93-99H,3-4,6,8-10,12,14-16,18,20-22,24,26-28,30,32-68H2,1-2H3,(H,87,92)/b7-5-,13-11-,19-17-,25-23-,31-29-. The highest BCUT2D eigenvalue weighted by atomic mass is 16.8. The van der Waals surface area contributed by atoms with Crippen molar-refractivity contribution in [2.24, 2.45) is 0 Å². The van der Waals surface area contributed by atoms with Crippen LogP contribution in [-0.2, 0) is 33.2 Å². The lowest BCUT2D eigenvalue weighted by atomic mass is 9.96. The smallest absolute Gasteiger partial charge is 0.220 e. The molecular formula is C86H157NO18. The number of allylic oxidation sites excluding steroid dienone is 10. The number of hydrogen-bond donors (Lipinski definition) is 12. The summed E-state index contributed by atoms with van der Waals surface area (Å²) in [6.07, 6.45) is 58.8. The molecule has 19 heteroatoms. The third-order valence-electron chi connectivity index (χ3n) is 21.4. The van der Waals surface area contributed by atoms with Gasteiger partial charge in [0.25, 0.3) is 0 Å². The third kappa shape index (κ3) is 45.6. The minimum absolute atomic E-state index is 0.238. The van der Waals surface area contributed by atoms with Crippen LogP contribution in [0.25, 0.3) is 0 Å². The summed E-state index contributed by atoms with van der Waals surface area (Å²) in [6, 6.07) is -0.890. The maximum absolute atomic E-state index is 13.5. The molecule has 0 bridgehead atoms. The van der Waals surface area contributed by atoms with Gasteiger partial charge < -0.3 is 89.9 Å². The second-order valence-corrected chi connectivity index (χ2v) is 30.6. The van der Waals surface area contributed by atoms with Crippen LogP contribution in [0.4, 0.5) is 0 Å². The fourth-order valence-corrected chi connectivity index (χ4v) is 14.5. The van der Waals surface area contributed by atoms with E-state index in [0.29, 0.717) is 12.8 Å². The van der Waals surface area contributed by atoms with Crippen molar-refractivity contribution in [3.05, 3.63) is 60.8 Å². The molecule has 0 aromatic carbocycles. The van der Waals surface area contributed by atoms with Crippen LogP contribution in [0.3, 0.4) is 0 Å². The van der Waals surface area contributed by atoms with Gasteiger partial charge in [0, 0.05) is 6.42 Å². The van der Waals surface area contributed by atoms with Crippen LogP contribution in [0.2, 0.25) is 0 Å². The van der Waals surface area contributed by atoms with Gasteiger partial charge in [0.05, 0.1) is 38.6 Å².